The van der Waals surface area contributed by atoms with Gasteiger partial charge in [-0.3, -0.25) is 9.59 Å². The SMILES string of the molecule is CC(=O)O.CC(=O)O.[CH-]1CCCC2=C1CC1=C2CCCC1.[Cl-].[Ti]. The van der Waals surface area contributed by atoms with E-state index >= 15 is 0 Å². The first-order valence-corrected chi connectivity index (χ1v) is 7.57. The summed E-state index contributed by atoms with van der Waals surface area (Å²) in [6.07, 6.45) is 13.6. The molecule has 23 heavy (non-hydrogen) atoms. The number of rotatable bonds is 0. The Morgan fingerprint density at radius 2 is 1.39 bits per heavy atom. The fourth-order valence-electron chi connectivity index (χ4n) is 3.12. The third kappa shape index (κ3) is 9.24. The van der Waals surface area contributed by atoms with Crippen molar-refractivity contribution >= 4 is 11.9 Å². The fraction of sp³-hybridized carbons (Fsp3) is 0.588. The number of aliphatic carboxylic acids is 2. The van der Waals surface area contributed by atoms with Crippen molar-refractivity contribution in [3.05, 3.63) is 28.7 Å². The van der Waals surface area contributed by atoms with Crippen LogP contribution in [0.2, 0.25) is 0 Å². The molecule has 0 saturated carbocycles. The Hall–Kier alpha value is -0.706. The van der Waals surface area contributed by atoms with Crippen LogP contribution in [0.1, 0.15) is 65.2 Å². The van der Waals surface area contributed by atoms with E-state index in [-0.39, 0.29) is 34.1 Å². The van der Waals surface area contributed by atoms with Crippen LogP contribution < -0.4 is 12.4 Å². The summed E-state index contributed by atoms with van der Waals surface area (Å²) in [6.45, 7) is 2.17. The molecule has 130 valence electrons. The molecule has 3 rings (SSSR count). The summed E-state index contributed by atoms with van der Waals surface area (Å²) in [5.41, 5.74) is 7.06. The van der Waals surface area contributed by atoms with Gasteiger partial charge in [-0.05, 0) is 25.7 Å². The third-order valence-corrected chi connectivity index (χ3v) is 3.76. The average molecular weight is 377 g/mol. The zero-order valence-corrected chi connectivity index (χ0v) is 16.1. The van der Waals surface area contributed by atoms with Crippen molar-refractivity contribution in [3.63, 3.8) is 0 Å². The molecule has 0 aromatic rings. The number of carboxylic acids is 2. The van der Waals surface area contributed by atoms with Gasteiger partial charge in [0.05, 0.1) is 0 Å². The van der Waals surface area contributed by atoms with Gasteiger partial charge >= 0.3 is 0 Å². The maximum atomic E-state index is 9.00. The zero-order chi connectivity index (χ0) is 15.8. The number of carbonyl (C=O) groups is 2. The van der Waals surface area contributed by atoms with Crippen LogP contribution >= 0.6 is 0 Å². The third-order valence-electron chi connectivity index (χ3n) is 3.76. The maximum absolute atomic E-state index is 9.00. The van der Waals surface area contributed by atoms with Crippen molar-refractivity contribution in [2.45, 2.75) is 65.2 Å². The number of hydrogen-bond acceptors (Lipinski definition) is 2. The molecule has 3 aliphatic rings. The quantitative estimate of drug-likeness (QED) is 0.491. The molecule has 3 aliphatic carbocycles. The Bertz CT molecular complexity index is 419. The molecular formula is C17H25ClO4Ti-2. The summed E-state index contributed by atoms with van der Waals surface area (Å²) in [4.78, 5) is 18.0. The zero-order valence-electron chi connectivity index (χ0n) is 13.8. The Morgan fingerprint density at radius 1 is 0.913 bits per heavy atom. The van der Waals surface area contributed by atoms with Crippen LogP contribution in [-0.4, -0.2) is 22.2 Å². The van der Waals surface area contributed by atoms with E-state index in [1.54, 1.807) is 22.3 Å². The number of fused-ring (bicyclic) bond motifs is 1. The summed E-state index contributed by atoms with van der Waals surface area (Å²) in [6, 6.07) is 0. The van der Waals surface area contributed by atoms with Crippen LogP contribution in [0.3, 0.4) is 0 Å². The number of hydrogen-bond donors (Lipinski definition) is 2. The standard InChI is InChI=1S/C13H17.2C2H4O2.ClH.Ti/c1-3-7-12-10(5-1)9-11-6-2-4-8-13(11)12;2*1-2(3)4;;/h5H,1-4,6-9H2;2*1H3,(H,3,4);1H;/q-1;;;;/p-1. The van der Waals surface area contributed by atoms with E-state index in [1.165, 1.54) is 51.4 Å². The molecule has 0 bridgehead atoms. The topological polar surface area (TPSA) is 74.6 Å². The van der Waals surface area contributed by atoms with Gasteiger partial charge in [-0.25, -0.2) is 12.0 Å². The molecule has 0 aliphatic heterocycles. The van der Waals surface area contributed by atoms with Gasteiger partial charge in [0, 0.05) is 35.6 Å². The summed E-state index contributed by atoms with van der Waals surface area (Å²) in [5, 5.41) is 14.8. The van der Waals surface area contributed by atoms with Gasteiger partial charge in [0.1, 0.15) is 0 Å². The van der Waals surface area contributed by atoms with Crippen molar-refractivity contribution in [2.24, 2.45) is 0 Å². The van der Waals surface area contributed by atoms with E-state index in [0.717, 1.165) is 13.8 Å². The Morgan fingerprint density at radius 3 is 1.96 bits per heavy atom. The van der Waals surface area contributed by atoms with Crippen LogP contribution in [0, 0.1) is 6.42 Å². The summed E-state index contributed by atoms with van der Waals surface area (Å²) in [7, 11) is 0. The Labute approximate surface area is 159 Å². The van der Waals surface area contributed by atoms with Crippen LogP contribution in [0.15, 0.2) is 22.3 Å². The predicted molar refractivity (Wildman–Crippen MR) is 81.9 cm³/mol. The molecule has 0 saturated heterocycles. The van der Waals surface area contributed by atoms with Crippen LogP contribution in [0.25, 0.3) is 0 Å². The van der Waals surface area contributed by atoms with Crippen molar-refractivity contribution < 1.29 is 53.9 Å². The number of carboxylic acid groups (broad SMARTS) is 2. The molecular weight excluding hydrogens is 352 g/mol. The minimum atomic E-state index is -0.833. The van der Waals surface area contributed by atoms with E-state index in [0.29, 0.717) is 0 Å². The average Bonchev–Trinajstić information content (AvgIpc) is 2.76. The maximum Gasteiger partial charge on any atom is 0.300 e. The van der Waals surface area contributed by atoms with Gasteiger partial charge in [0.2, 0.25) is 0 Å². The second-order valence-electron chi connectivity index (χ2n) is 5.60. The minimum absolute atomic E-state index is 0. The van der Waals surface area contributed by atoms with Crippen molar-refractivity contribution in [1.29, 1.82) is 0 Å². The number of allylic oxidation sites excluding steroid dienone is 4. The van der Waals surface area contributed by atoms with Gasteiger partial charge < -0.3 is 22.6 Å². The molecule has 0 aromatic heterocycles. The van der Waals surface area contributed by atoms with Gasteiger partial charge in [0.15, 0.2) is 0 Å². The molecule has 0 amide bonds. The first kappa shape index (κ1) is 24.5. The molecule has 0 radical (unpaired) electrons. The molecule has 0 aromatic carbocycles. The second kappa shape index (κ2) is 12.7. The van der Waals surface area contributed by atoms with E-state index in [9.17, 15) is 0 Å². The Kier molecular flexibility index (Phi) is 13.5. The van der Waals surface area contributed by atoms with E-state index in [4.69, 9.17) is 19.8 Å². The first-order valence-electron chi connectivity index (χ1n) is 7.57. The molecule has 0 spiro atoms. The van der Waals surface area contributed by atoms with Gasteiger partial charge in [-0.15, -0.1) is 12.0 Å². The van der Waals surface area contributed by atoms with Gasteiger partial charge in [0.25, 0.3) is 11.9 Å². The molecule has 0 fully saturated rings. The predicted octanol–water partition coefficient (Wildman–Crippen LogP) is 1.13. The minimum Gasteiger partial charge on any atom is -1.00 e. The van der Waals surface area contributed by atoms with E-state index in [1.807, 2.05) is 0 Å². The van der Waals surface area contributed by atoms with Gasteiger partial charge in [-0.1, -0.05) is 24.8 Å². The van der Waals surface area contributed by atoms with E-state index < -0.39 is 11.9 Å². The van der Waals surface area contributed by atoms with Crippen LogP contribution in [-0.2, 0) is 31.3 Å². The van der Waals surface area contributed by atoms with Crippen molar-refractivity contribution in [1.82, 2.24) is 0 Å². The number of halogens is 1. The summed E-state index contributed by atoms with van der Waals surface area (Å²) in [5.74, 6) is -1.67. The molecule has 6 heteroatoms. The normalized spacial score (nSPS) is 17.5. The second-order valence-corrected chi connectivity index (χ2v) is 5.60. The van der Waals surface area contributed by atoms with Crippen LogP contribution in [0.4, 0.5) is 0 Å². The van der Waals surface area contributed by atoms with Crippen LogP contribution in [0.5, 0.6) is 0 Å². The fourth-order valence-corrected chi connectivity index (χ4v) is 3.12. The summed E-state index contributed by atoms with van der Waals surface area (Å²) < 4.78 is 0. The van der Waals surface area contributed by atoms with E-state index in [2.05, 4.69) is 6.42 Å². The molecule has 4 nitrogen and oxygen atoms in total. The molecule has 0 unspecified atom stereocenters. The molecule has 2 N–H and O–H groups in total. The van der Waals surface area contributed by atoms with Crippen molar-refractivity contribution in [2.75, 3.05) is 0 Å². The molecule has 0 atom stereocenters. The van der Waals surface area contributed by atoms with Gasteiger partial charge in [-0.2, -0.15) is 5.57 Å². The largest absolute Gasteiger partial charge is 1.00 e. The van der Waals surface area contributed by atoms with Crippen molar-refractivity contribution in [3.8, 4) is 0 Å². The smallest absolute Gasteiger partial charge is 0.300 e. The molecule has 0 heterocycles. The Balaban J connectivity index is 0. The monoisotopic (exact) mass is 376 g/mol. The summed E-state index contributed by atoms with van der Waals surface area (Å²) >= 11 is 0. The first-order chi connectivity index (χ1) is 9.91.